The lowest BCUT2D eigenvalue weighted by atomic mass is 9.94. The molecule has 0 spiro atoms. The van der Waals surface area contributed by atoms with Gasteiger partial charge in [-0.2, -0.15) is 0 Å². The van der Waals surface area contributed by atoms with Crippen LogP contribution in [-0.4, -0.2) is 26.8 Å². The Labute approximate surface area is 122 Å². The second-order valence-electron chi connectivity index (χ2n) is 5.00. The summed E-state index contributed by atoms with van der Waals surface area (Å²) < 4.78 is 5.11. The highest BCUT2D eigenvalue weighted by molar-refractivity contribution is 6.30. The van der Waals surface area contributed by atoms with E-state index in [9.17, 15) is 0 Å². The summed E-state index contributed by atoms with van der Waals surface area (Å²) >= 11 is 6.05. The zero-order valence-corrected chi connectivity index (χ0v) is 12.9. The molecule has 0 bridgehead atoms. The molecular formula is C16H26ClNO. The van der Waals surface area contributed by atoms with Crippen LogP contribution in [0.1, 0.15) is 31.7 Å². The molecule has 0 aromatic heterocycles. The number of rotatable bonds is 10. The van der Waals surface area contributed by atoms with E-state index in [0.29, 0.717) is 5.92 Å². The second kappa shape index (κ2) is 10.2. The van der Waals surface area contributed by atoms with Crippen LogP contribution in [0.5, 0.6) is 0 Å². The maximum Gasteiger partial charge on any atom is 0.0462 e. The molecule has 1 aromatic rings. The van der Waals surface area contributed by atoms with Gasteiger partial charge in [0.1, 0.15) is 0 Å². The molecular weight excluding hydrogens is 258 g/mol. The van der Waals surface area contributed by atoms with Crippen molar-refractivity contribution in [2.75, 3.05) is 26.8 Å². The Morgan fingerprint density at radius 1 is 1.32 bits per heavy atom. The lowest BCUT2D eigenvalue weighted by molar-refractivity contribution is 0.190. The summed E-state index contributed by atoms with van der Waals surface area (Å²) in [5.74, 6) is 0.676. The molecule has 1 rings (SSSR count). The molecule has 0 aliphatic heterocycles. The fourth-order valence-electron chi connectivity index (χ4n) is 2.30. The second-order valence-corrected chi connectivity index (χ2v) is 5.43. The summed E-state index contributed by atoms with van der Waals surface area (Å²) in [6.45, 7) is 5.13. The highest BCUT2D eigenvalue weighted by Crippen LogP contribution is 2.18. The van der Waals surface area contributed by atoms with E-state index in [-0.39, 0.29) is 0 Å². The van der Waals surface area contributed by atoms with Gasteiger partial charge in [-0.1, -0.05) is 37.1 Å². The first-order valence-corrected chi connectivity index (χ1v) is 7.58. The molecule has 0 saturated heterocycles. The quantitative estimate of drug-likeness (QED) is 0.657. The lowest BCUT2D eigenvalue weighted by Gasteiger charge is -2.17. The molecule has 0 amide bonds. The van der Waals surface area contributed by atoms with Gasteiger partial charge in [0.05, 0.1) is 0 Å². The fraction of sp³-hybridized carbons (Fsp3) is 0.625. The molecule has 1 atom stereocenters. The highest BCUT2D eigenvalue weighted by Gasteiger charge is 2.09. The minimum Gasteiger partial charge on any atom is -0.385 e. The van der Waals surface area contributed by atoms with Gasteiger partial charge in [-0.25, -0.2) is 0 Å². The van der Waals surface area contributed by atoms with Crippen molar-refractivity contribution in [3.63, 3.8) is 0 Å². The van der Waals surface area contributed by atoms with Crippen LogP contribution in [-0.2, 0) is 11.2 Å². The van der Waals surface area contributed by atoms with Gasteiger partial charge in [-0.3, -0.25) is 0 Å². The first kappa shape index (κ1) is 16.5. The van der Waals surface area contributed by atoms with Gasteiger partial charge in [-0.15, -0.1) is 0 Å². The topological polar surface area (TPSA) is 21.3 Å². The molecule has 1 N–H and O–H groups in total. The van der Waals surface area contributed by atoms with E-state index >= 15 is 0 Å². The maximum atomic E-state index is 6.05. The van der Waals surface area contributed by atoms with Crippen LogP contribution in [0.25, 0.3) is 0 Å². The van der Waals surface area contributed by atoms with Gasteiger partial charge >= 0.3 is 0 Å². The molecule has 3 heteroatoms. The summed E-state index contributed by atoms with van der Waals surface area (Å²) in [7, 11) is 1.77. The van der Waals surface area contributed by atoms with Gasteiger partial charge in [0.2, 0.25) is 0 Å². The third kappa shape index (κ3) is 7.56. The molecule has 108 valence electrons. The van der Waals surface area contributed by atoms with Crippen molar-refractivity contribution in [3.05, 3.63) is 34.9 Å². The number of hydrogen-bond acceptors (Lipinski definition) is 2. The Hall–Kier alpha value is -0.570. The maximum absolute atomic E-state index is 6.05. The Bertz CT molecular complexity index is 343. The Morgan fingerprint density at radius 3 is 2.84 bits per heavy atom. The molecule has 0 fully saturated rings. The summed E-state index contributed by atoms with van der Waals surface area (Å²) in [5.41, 5.74) is 1.34. The first-order chi connectivity index (χ1) is 9.26. The van der Waals surface area contributed by atoms with Crippen LogP contribution in [0.2, 0.25) is 5.02 Å². The Balaban J connectivity index is 2.43. The molecule has 0 radical (unpaired) electrons. The highest BCUT2D eigenvalue weighted by atomic mass is 35.5. The molecule has 0 aliphatic rings. The smallest absolute Gasteiger partial charge is 0.0462 e. The zero-order chi connectivity index (χ0) is 13.9. The van der Waals surface area contributed by atoms with Crippen LogP contribution in [0, 0.1) is 5.92 Å². The minimum absolute atomic E-state index is 0.676. The number of unbranched alkanes of at least 4 members (excludes halogenated alkanes) is 1. The number of benzene rings is 1. The summed E-state index contributed by atoms with van der Waals surface area (Å²) in [4.78, 5) is 0. The van der Waals surface area contributed by atoms with E-state index in [1.54, 1.807) is 7.11 Å². The van der Waals surface area contributed by atoms with Gasteiger partial charge in [0.15, 0.2) is 0 Å². The Morgan fingerprint density at radius 2 is 2.16 bits per heavy atom. The van der Waals surface area contributed by atoms with E-state index in [1.165, 1.54) is 18.4 Å². The van der Waals surface area contributed by atoms with E-state index in [4.69, 9.17) is 16.3 Å². The predicted molar refractivity (Wildman–Crippen MR) is 82.9 cm³/mol. The van der Waals surface area contributed by atoms with E-state index in [1.807, 2.05) is 12.1 Å². The third-order valence-corrected chi connectivity index (χ3v) is 3.54. The average molecular weight is 284 g/mol. The third-order valence-electron chi connectivity index (χ3n) is 3.31. The molecule has 19 heavy (non-hydrogen) atoms. The van der Waals surface area contributed by atoms with Crippen molar-refractivity contribution in [2.45, 2.75) is 32.6 Å². The van der Waals surface area contributed by atoms with Crippen molar-refractivity contribution in [3.8, 4) is 0 Å². The number of ether oxygens (including phenoxy) is 1. The van der Waals surface area contributed by atoms with Gasteiger partial charge in [-0.05, 0) is 56.0 Å². The fourth-order valence-corrected chi connectivity index (χ4v) is 2.51. The van der Waals surface area contributed by atoms with E-state index in [2.05, 4.69) is 24.4 Å². The van der Waals surface area contributed by atoms with Crippen LogP contribution in [0.15, 0.2) is 24.3 Å². The van der Waals surface area contributed by atoms with Gasteiger partial charge < -0.3 is 10.1 Å². The number of nitrogens with one attached hydrogen (secondary N) is 1. The van der Waals surface area contributed by atoms with Crippen LogP contribution in [0.3, 0.4) is 0 Å². The van der Waals surface area contributed by atoms with Crippen molar-refractivity contribution in [1.82, 2.24) is 5.32 Å². The SMILES string of the molecule is CCNCC(CCCCOC)Cc1cccc(Cl)c1. The van der Waals surface area contributed by atoms with Crippen molar-refractivity contribution < 1.29 is 4.74 Å². The lowest BCUT2D eigenvalue weighted by Crippen LogP contribution is -2.24. The van der Waals surface area contributed by atoms with Crippen LogP contribution >= 0.6 is 11.6 Å². The van der Waals surface area contributed by atoms with Crippen molar-refractivity contribution in [1.29, 1.82) is 0 Å². The van der Waals surface area contributed by atoms with E-state index < -0.39 is 0 Å². The number of halogens is 1. The Kier molecular flexibility index (Phi) is 8.89. The van der Waals surface area contributed by atoms with Crippen LogP contribution < -0.4 is 5.32 Å². The molecule has 1 unspecified atom stereocenters. The summed E-state index contributed by atoms with van der Waals surface area (Å²) in [6.07, 6.45) is 4.71. The monoisotopic (exact) mass is 283 g/mol. The van der Waals surface area contributed by atoms with Gasteiger partial charge in [0.25, 0.3) is 0 Å². The van der Waals surface area contributed by atoms with Crippen molar-refractivity contribution >= 4 is 11.6 Å². The largest absolute Gasteiger partial charge is 0.385 e. The predicted octanol–water partition coefficient (Wildman–Crippen LogP) is 3.92. The number of hydrogen-bond donors (Lipinski definition) is 1. The first-order valence-electron chi connectivity index (χ1n) is 7.20. The molecule has 0 heterocycles. The van der Waals surface area contributed by atoms with Gasteiger partial charge in [0, 0.05) is 18.7 Å². The van der Waals surface area contributed by atoms with Crippen LogP contribution in [0.4, 0.5) is 0 Å². The normalized spacial score (nSPS) is 12.6. The molecule has 0 saturated carbocycles. The molecule has 2 nitrogen and oxygen atoms in total. The van der Waals surface area contributed by atoms with Crippen molar-refractivity contribution in [2.24, 2.45) is 5.92 Å². The summed E-state index contributed by atoms with van der Waals surface area (Å²) in [6, 6.07) is 8.21. The standard InChI is InChI=1S/C16H26ClNO/c1-3-18-13-15(7-4-5-10-19-2)11-14-8-6-9-16(17)12-14/h6,8-9,12,15,18H,3-5,7,10-11,13H2,1-2H3. The van der Waals surface area contributed by atoms with E-state index in [0.717, 1.165) is 37.6 Å². The molecule has 1 aromatic carbocycles. The zero-order valence-electron chi connectivity index (χ0n) is 12.1. The minimum atomic E-state index is 0.676. The number of methoxy groups -OCH3 is 1. The molecule has 0 aliphatic carbocycles. The average Bonchev–Trinajstić information content (AvgIpc) is 2.40. The summed E-state index contributed by atoms with van der Waals surface area (Å²) in [5, 5.41) is 4.29.